The van der Waals surface area contributed by atoms with Gasteiger partial charge in [-0.3, -0.25) is 14.5 Å². The summed E-state index contributed by atoms with van der Waals surface area (Å²) in [6.07, 6.45) is 2.37. The van der Waals surface area contributed by atoms with Gasteiger partial charge in [-0.1, -0.05) is 0 Å². The van der Waals surface area contributed by atoms with E-state index >= 15 is 0 Å². The zero-order valence-electron chi connectivity index (χ0n) is 14.2. The molecule has 0 bridgehead atoms. The Morgan fingerprint density at radius 3 is 2.75 bits per heavy atom. The van der Waals surface area contributed by atoms with E-state index in [1.54, 1.807) is 25.7 Å². The van der Waals surface area contributed by atoms with Crippen LogP contribution in [0.15, 0.2) is 18.3 Å². The van der Waals surface area contributed by atoms with E-state index in [1.165, 1.54) is 12.1 Å². The van der Waals surface area contributed by atoms with Gasteiger partial charge in [-0.2, -0.15) is 0 Å². The van der Waals surface area contributed by atoms with Crippen molar-refractivity contribution in [2.24, 2.45) is 5.84 Å². The van der Waals surface area contributed by atoms with Crippen LogP contribution in [-0.2, 0) is 14.3 Å². The molecule has 0 unspecified atom stereocenters. The van der Waals surface area contributed by atoms with E-state index in [2.05, 4.69) is 4.98 Å². The van der Waals surface area contributed by atoms with Crippen molar-refractivity contribution in [3.8, 4) is 0 Å². The molecule has 0 radical (unpaired) electrons. The highest BCUT2D eigenvalue weighted by Gasteiger charge is 2.35. The summed E-state index contributed by atoms with van der Waals surface area (Å²) < 4.78 is 18.2. The van der Waals surface area contributed by atoms with Crippen molar-refractivity contribution in [3.63, 3.8) is 0 Å². The quantitative estimate of drug-likeness (QED) is 0.384. The van der Waals surface area contributed by atoms with Gasteiger partial charge in [0.15, 0.2) is 0 Å². The number of hydrogen-bond donors (Lipinski definition) is 1. The number of nitrogens with two attached hydrogens (primary N) is 1. The molecular formula is C16H23FN4O3. The second-order valence-electron chi connectivity index (χ2n) is 6.76. The first-order valence-corrected chi connectivity index (χ1v) is 7.83. The van der Waals surface area contributed by atoms with Crippen LogP contribution in [-0.4, -0.2) is 46.5 Å². The number of amides is 1. The number of ether oxygens (including phenoxy) is 1. The van der Waals surface area contributed by atoms with Crippen LogP contribution in [0.3, 0.4) is 0 Å². The van der Waals surface area contributed by atoms with E-state index in [4.69, 9.17) is 10.6 Å². The largest absolute Gasteiger partial charge is 0.459 e. The summed E-state index contributed by atoms with van der Waals surface area (Å²) in [6, 6.07) is 2.00. The van der Waals surface area contributed by atoms with E-state index in [0.717, 1.165) is 17.6 Å². The molecule has 1 fully saturated rings. The molecule has 0 aliphatic carbocycles. The lowest BCUT2D eigenvalue weighted by molar-refractivity contribution is -0.156. The van der Waals surface area contributed by atoms with Crippen LogP contribution in [0.5, 0.6) is 0 Å². The van der Waals surface area contributed by atoms with Gasteiger partial charge in [-0.25, -0.2) is 20.2 Å². The van der Waals surface area contributed by atoms with Crippen LogP contribution in [0.1, 0.15) is 33.6 Å². The van der Waals surface area contributed by atoms with E-state index < -0.39 is 17.5 Å². The van der Waals surface area contributed by atoms with Gasteiger partial charge in [0.2, 0.25) is 0 Å². The molecule has 132 valence electrons. The van der Waals surface area contributed by atoms with Gasteiger partial charge in [0.1, 0.15) is 17.2 Å². The molecular weight excluding hydrogens is 315 g/mol. The molecule has 2 N–H and O–H groups in total. The van der Waals surface area contributed by atoms with Crippen molar-refractivity contribution in [3.05, 3.63) is 24.1 Å². The fourth-order valence-electron chi connectivity index (χ4n) is 2.62. The Labute approximate surface area is 140 Å². The van der Waals surface area contributed by atoms with Gasteiger partial charge in [0.25, 0.3) is 5.91 Å². The number of likely N-dealkylation sites (tertiary alicyclic amines) is 1. The number of nitrogens with zero attached hydrogens (tertiary/aromatic N) is 3. The Morgan fingerprint density at radius 2 is 2.17 bits per heavy atom. The van der Waals surface area contributed by atoms with E-state index in [0.29, 0.717) is 13.0 Å². The topological polar surface area (TPSA) is 88.8 Å². The molecule has 0 spiro atoms. The molecule has 1 aliphatic heterocycles. The molecule has 1 aliphatic rings. The molecule has 8 heteroatoms. The number of carbonyl (C=O) groups excluding carboxylic acids is 2. The normalized spacial score (nSPS) is 18.5. The van der Waals surface area contributed by atoms with Crippen LogP contribution >= 0.6 is 0 Å². The number of rotatable bonds is 4. The van der Waals surface area contributed by atoms with Crippen LogP contribution in [0.25, 0.3) is 0 Å². The summed E-state index contributed by atoms with van der Waals surface area (Å²) in [4.78, 5) is 30.1. The van der Waals surface area contributed by atoms with Crippen molar-refractivity contribution < 1.29 is 18.7 Å². The summed E-state index contributed by atoms with van der Waals surface area (Å²) in [5.41, 5.74) is -0.575. The molecule has 7 nitrogen and oxygen atoms in total. The Bertz CT molecular complexity index is 600. The Hall–Kier alpha value is -2.06. The standard InChI is InChI=1S/C16H23FN4O3/c1-16(2,3)24-14(22)10-20-8-4-5-12(20)15(23)21(18)13-7-6-11(17)9-19-13/h6-7,9,12H,4-5,8,10,18H2,1-3H3/t12-/m0/s1. The number of hydrazine groups is 1. The fourth-order valence-corrected chi connectivity index (χ4v) is 2.62. The molecule has 0 aromatic carbocycles. The summed E-state index contributed by atoms with van der Waals surface area (Å²) >= 11 is 0. The molecule has 1 aromatic rings. The third kappa shape index (κ3) is 4.72. The number of anilines is 1. The van der Waals surface area contributed by atoms with Crippen molar-refractivity contribution in [2.45, 2.75) is 45.3 Å². The Morgan fingerprint density at radius 1 is 1.46 bits per heavy atom. The number of carbonyl (C=O) groups is 2. The smallest absolute Gasteiger partial charge is 0.320 e. The minimum atomic E-state index is -0.575. The molecule has 1 atom stereocenters. The van der Waals surface area contributed by atoms with Crippen molar-refractivity contribution in [1.29, 1.82) is 0 Å². The highest BCUT2D eigenvalue weighted by Crippen LogP contribution is 2.21. The minimum absolute atomic E-state index is 0.0262. The van der Waals surface area contributed by atoms with Gasteiger partial charge in [-0.15, -0.1) is 0 Å². The van der Waals surface area contributed by atoms with Gasteiger partial charge in [0.05, 0.1) is 18.8 Å². The fraction of sp³-hybridized carbons (Fsp3) is 0.562. The van der Waals surface area contributed by atoms with Gasteiger partial charge >= 0.3 is 5.97 Å². The summed E-state index contributed by atoms with van der Waals surface area (Å²) in [7, 11) is 0. The zero-order valence-corrected chi connectivity index (χ0v) is 14.2. The maximum Gasteiger partial charge on any atom is 0.320 e. The average molecular weight is 338 g/mol. The molecule has 2 rings (SSSR count). The second kappa shape index (κ2) is 7.23. The first-order chi connectivity index (χ1) is 11.2. The maximum atomic E-state index is 12.9. The highest BCUT2D eigenvalue weighted by molar-refractivity contribution is 5.95. The van der Waals surface area contributed by atoms with E-state index in [9.17, 15) is 14.0 Å². The van der Waals surface area contributed by atoms with Gasteiger partial charge in [-0.05, 0) is 52.3 Å². The lowest BCUT2D eigenvalue weighted by Crippen LogP contribution is -2.50. The monoisotopic (exact) mass is 338 g/mol. The number of aromatic nitrogens is 1. The first kappa shape index (κ1) is 18.3. The van der Waals surface area contributed by atoms with Crippen molar-refractivity contribution in [1.82, 2.24) is 9.88 Å². The van der Waals surface area contributed by atoms with Gasteiger partial charge in [0, 0.05) is 0 Å². The minimum Gasteiger partial charge on any atom is -0.459 e. The van der Waals surface area contributed by atoms with Crippen LogP contribution in [0.4, 0.5) is 10.2 Å². The van der Waals surface area contributed by atoms with Crippen LogP contribution < -0.4 is 10.9 Å². The molecule has 1 saturated heterocycles. The first-order valence-electron chi connectivity index (χ1n) is 7.83. The molecule has 1 aromatic heterocycles. The lowest BCUT2D eigenvalue weighted by Gasteiger charge is -2.27. The predicted molar refractivity (Wildman–Crippen MR) is 86.3 cm³/mol. The Balaban J connectivity index is 2.02. The van der Waals surface area contributed by atoms with E-state index in [1.807, 2.05) is 0 Å². The van der Waals surface area contributed by atoms with Crippen molar-refractivity contribution >= 4 is 17.7 Å². The number of esters is 1. The summed E-state index contributed by atoms with van der Waals surface area (Å²) in [5.74, 6) is 4.71. The highest BCUT2D eigenvalue weighted by atomic mass is 19.1. The molecule has 24 heavy (non-hydrogen) atoms. The second-order valence-corrected chi connectivity index (χ2v) is 6.76. The maximum absolute atomic E-state index is 12.9. The predicted octanol–water partition coefficient (Wildman–Crippen LogP) is 1.23. The third-order valence-electron chi connectivity index (χ3n) is 3.60. The SMILES string of the molecule is CC(C)(C)OC(=O)CN1CCC[C@H]1C(=O)N(N)c1ccc(F)cn1. The molecule has 1 amide bonds. The van der Waals surface area contributed by atoms with E-state index in [-0.39, 0.29) is 24.2 Å². The van der Waals surface area contributed by atoms with Crippen LogP contribution in [0.2, 0.25) is 0 Å². The lowest BCUT2D eigenvalue weighted by atomic mass is 10.2. The number of pyridine rings is 1. The Kier molecular flexibility index (Phi) is 5.51. The zero-order chi connectivity index (χ0) is 17.9. The van der Waals surface area contributed by atoms with Crippen LogP contribution in [0, 0.1) is 5.82 Å². The summed E-state index contributed by atoms with van der Waals surface area (Å²) in [6.45, 7) is 6.01. The molecule has 2 heterocycles. The molecule has 0 saturated carbocycles. The number of hydrogen-bond acceptors (Lipinski definition) is 6. The summed E-state index contributed by atoms with van der Waals surface area (Å²) in [5, 5.41) is 0.900. The van der Waals surface area contributed by atoms with Crippen molar-refractivity contribution in [2.75, 3.05) is 18.1 Å². The third-order valence-corrected chi connectivity index (χ3v) is 3.60. The average Bonchev–Trinajstić information content (AvgIpc) is 2.92. The number of halogens is 1. The van der Waals surface area contributed by atoms with Gasteiger partial charge < -0.3 is 4.74 Å².